The smallest absolute Gasteiger partial charge is 0.266 e. The summed E-state index contributed by atoms with van der Waals surface area (Å²) in [5.74, 6) is 0.204. The lowest BCUT2D eigenvalue weighted by molar-refractivity contribution is -0.112. The number of ether oxygens (including phenoxy) is 2. The summed E-state index contributed by atoms with van der Waals surface area (Å²) in [6.45, 7) is -0.128. The van der Waals surface area contributed by atoms with Crippen LogP contribution in [0.1, 0.15) is 5.56 Å². The summed E-state index contributed by atoms with van der Waals surface area (Å²) in [4.78, 5) is 12.4. The summed E-state index contributed by atoms with van der Waals surface area (Å²) in [7, 11) is 1.46. The molecule has 2 rings (SSSR count). The highest BCUT2D eigenvalue weighted by Crippen LogP contribution is 2.34. The Bertz CT molecular complexity index is 1030. The zero-order valence-corrected chi connectivity index (χ0v) is 18.1. The molecule has 0 heterocycles. The van der Waals surface area contributed by atoms with Crippen LogP contribution in [0.3, 0.4) is 0 Å². The van der Waals surface area contributed by atoms with E-state index >= 15 is 0 Å². The average molecular weight is 528 g/mol. The molecule has 0 aliphatic rings. The van der Waals surface area contributed by atoms with E-state index in [1.54, 1.807) is 24.3 Å². The highest BCUT2D eigenvalue weighted by atomic mass is 127. The Balaban J connectivity index is 2.31. The molecule has 1 N–H and O–H groups in total. The fraction of sp³-hybridized carbons (Fsp3) is 0.105. The van der Waals surface area contributed by atoms with Crippen molar-refractivity contribution >= 4 is 63.5 Å². The largest absolute Gasteiger partial charge is 0.493 e. The molecule has 0 aliphatic heterocycles. The highest BCUT2D eigenvalue weighted by molar-refractivity contribution is 14.1. The van der Waals surface area contributed by atoms with Gasteiger partial charge in [-0.05, 0) is 64.6 Å². The van der Waals surface area contributed by atoms with Crippen LogP contribution in [-0.2, 0) is 4.79 Å². The molecule has 28 heavy (non-hydrogen) atoms. The number of rotatable bonds is 6. The van der Waals surface area contributed by atoms with Gasteiger partial charge in [0.05, 0.1) is 20.7 Å². The van der Waals surface area contributed by atoms with E-state index in [1.165, 1.54) is 19.3 Å². The van der Waals surface area contributed by atoms with Crippen molar-refractivity contribution in [3.05, 3.63) is 55.1 Å². The second kappa shape index (κ2) is 10.2. The van der Waals surface area contributed by atoms with E-state index in [0.717, 1.165) is 0 Å². The monoisotopic (exact) mass is 527 g/mol. The molecule has 142 valence electrons. The van der Waals surface area contributed by atoms with E-state index in [0.29, 0.717) is 31.3 Å². The Morgan fingerprint density at radius 2 is 2.00 bits per heavy atom. The van der Waals surface area contributed by atoms with Crippen molar-refractivity contribution in [1.82, 2.24) is 0 Å². The first-order chi connectivity index (χ1) is 13.4. The number of benzene rings is 2. The minimum atomic E-state index is -0.598. The lowest BCUT2D eigenvalue weighted by atomic mass is 10.1. The molecule has 0 aliphatic carbocycles. The molecule has 0 saturated carbocycles. The van der Waals surface area contributed by atoms with Gasteiger partial charge >= 0.3 is 0 Å². The van der Waals surface area contributed by atoms with Crippen molar-refractivity contribution in [3.8, 4) is 23.6 Å². The van der Waals surface area contributed by atoms with Crippen LogP contribution in [0.15, 0.2) is 35.9 Å². The summed E-state index contributed by atoms with van der Waals surface area (Å²) in [6, 6.07) is 11.7. The number of anilines is 1. The van der Waals surface area contributed by atoms with Crippen LogP contribution >= 0.6 is 45.8 Å². The summed E-state index contributed by atoms with van der Waals surface area (Å²) in [6.07, 6.45) is 1.42. The molecule has 2 aromatic rings. The Labute approximate surface area is 185 Å². The molecular weight excluding hydrogens is 516 g/mol. The minimum absolute atomic E-state index is 0.116. The van der Waals surface area contributed by atoms with Crippen molar-refractivity contribution < 1.29 is 14.3 Å². The first-order valence-electron chi connectivity index (χ1n) is 7.65. The molecule has 0 aromatic heterocycles. The number of nitrogens with one attached hydrogen (secondary N) is 1. The third-order valence-electron chi connectivity index (χ3n) is 3.39. The van der Waals surface area contributed by atoms with Gasteiger partial charge in [0.15, 0.2) is 18.1 Å². The van der Waals surface area contributed by atoms with Gasteiger partial charge in [0.2, 0.25) is 0 Å². The first kappa shape index (κ1) is 21.8. The molecule has 2 aromatic carbocycles. The zero-order chi connectivity index (χ0) is 20.7. The van der Waals surface area contributed by atoms with Gasteiger partial charge in [-0.15, -0.1) is 0 Å². The molecule has 0 fully saturated rings. The molecule has 0 atom stereocenters. The molecule has 6 nitrogen and oxygen atoms in total. The van der Waals surface area contributed by atoms with Crippen LogP contribution in [0, 0.1) is 26.2 Å². The standard InChI is InChI=1S/C19H12Cl2IN3O3/c1-27-17-8-11(7-16(22)18(17)28-5-4-23)6-12(10-24)19(26)25-13-2-3-14(20)15(21)9-13/h2-3,6-9H,5H2,1H3,(H,25,26)/b12-6+. The summed E-state index contributed by atoms with van der Waals surface area (Å²) in [5, 5.41) is 21.3. The topological polar surface area (TPSA) is 95.1 Å². The van der Waals surface area contributed by atoms with Crippen molar-refractivity contribution in [2.45, 2.75) is 0 Å². The molecule has 0 radical (unpaired) electrons. The van der Waals surface area contributed by atoms with Crippen LogP contribution in [-0.4, -0.2) is 19.6 Å². The molecule has 1 amide bonds. The number of hydrogen-bond acceptors (Lipinski definition) is 5. The van der Waals surface area contributed by atoms with E-state index in [9.17, 15) is 10.1 Å². The number of amides is 1. The maximum atomic E-state index is 12.4. The Kier molecular flexibility index (Phi) is 7.94. The maximum Gasteiger partial charge on any atom is 0.266 e. The van der Waals surface area contributed by atoms with Gasteiger partial charge in [-0.25, -0.2) is 0 Å². The van der Waals surface area contributed by atoms with Crippen molar-refractivity contribution in [3.63, 3.8) is 0 Å². The SMILES string of the molecule is COc1cc(/C=C(\C#N)C(=O)Nc2ccc(Cl)c(Cl)c2)cc(I)c1OCC#N. The number of nitrogens with zero attached hydrogens (tertiary/aromatic N) is 2. The van der Waals surface area contributed by atoms with E-state index in [1.807, 2.05) is 34.7 Å². The molecule has 9 heteroatoms. The lowest BCUT2D eigenvalue weighted by Crippen LogP contribution is -2.13. The summed E-state index contributed by atoms with van der Waals surface area (Å²) < 4.78 is 11.3. The average Bonchev–Trinajstić information content (AvgIpc) is 2.67. The van der Waals surface area contributed by atoms with Crippen molar-refractivity contribution in [2.24, 2.45) is 0 Å². The number of methoxy groups -OCH3 is 1. The highest BCUT2D eigenvalue weighted by Gasteiger charge is 2.14. The summed E-state index contributed by atoms with van der Waals surface area (Å²) in [5.41, 5.74) is 0.856. The number of carbonyl (C=O) groups excluding carboxylic acids is 1. The Hall–Kier alpha value is -2.46. The number of hydrogen-bond donors (Lipinski definition) is 1. The predicted molar refractivity (Wildman–Crippen MR) is 116 cm³/mol. The fourth-order valence-electron chi connectivity index (χ4n) is 2.16. The predicted octanol–water partition coefficient (Wildman–Crippen LogP) is 5.05. The van der Waals surface area contributed by atoms with Crippen LogP contribution in [0.2, 0.25) is 10.0 Å². The van der Waals surface area contributed by atoms with E-state index in [-0.39, 0.29) is 17.2 Å². The Morgan fingerprint density at radius 1 is 1.25 bits per heavy atom. The zero-order valence-electron chi connectivity index (χ0n) is 14.4. The quantitative estimate of drug-likeness (QED) is 0.322. The third-order valence-corrected chi connectivity index (χ3v) is 4.93. The van der Waals surface area contributed by atoms with Gasteiger partial charge in [0.1, 0.15) is 17.7 Å². The van der Waals surface area contributed by atoms with Crippen LogP contribution in [0.25, 0.3) is 6.08 Å². The number of nitriles is 2. The number of halogens is 3. The van der Waals surface area contributed by atoms with Crippen molar-refractivity contribution in [1.29, 1.82) is 10.5 Å². The second-order valence-electron chi connectivity index (χ2n) is 5.23. The van der Waals surface area contributed by atoms with Crippen LogP contribution in [0.4, 0.5) is 5.69 Å². The first-order valence-corrected chi connectivity index (χ1v) is 9.48. The van der Waals surface area contributed by atoms with Gasteiger partial charge in [0, 0.05) is 5.69 Å². The van der Waals surface area contributed by atoms with Gasteiger partial charge < -0.3 is 14.8 Å². The van der Waals surface area contributed by atoms with Gasteiger partial charge in [-0.3, -0.25) is 4.79 Å². The number of carbonyl (C=O) groups is 1. The normalized spacial score (nSPS) is 10.6. The molecule has 0 saturated heterocycles. The molecule has 0 unspecified atom stereocenters. The maximum absolute atomic E-state index is 12.4. The lowest BCUT2D eigenvalue weighted by Gasteiger charge is -2.12. The third kappa shape index (κ3) is 5.52. The Morgan fingerprint density at radius 3 is 2.61 bits per heavy atom. The summed E-state index contributed by atoms with van der Waals surface area (Å²) >= 11 is 13.8. The molecule has 0 spiro atoms. The molecule has 0 bridgehead atoms. The van der Waals surface area contributed by atoms with E-state index < -0.39 is 5.91 Å². The second-order valence-corrected chi connectivity index (χ2v) is 7.21. The van der Waals surface area contributed by atoms with Crippen LogP contribution in [0.5, 0.6) is 11.5 Å². The van der Waals surface area contributed by atoms with Crippen LogP contribution < -0.4 is 14.8 Å². The van der Waals surface area contributed by atoms with Gasteiger partial charge in [0.25, 0.3) is 5.91 Å². The van der Waals surface area contributed by atoms with E-state index in [2.05, 4.69) is 5.32 Å². The van der Waals surface area contributed by atoms with Gasteiger partial charge in [-0.1, -0.05) is 23.2 Å². The van der Waals surface area contributed by atoms with Gasteiger partial charge in [-0.2, -0.15) is 10.5 Å². The van der Waals surface area contributed by atoms with Crippen molar-refractivity contribution in [2.75, 3.05) is 19.0 Å². The minimum Gasteiger partial charge on any atom is -0.493 e. The van der Waals surface area contributed by atoms with E-state index in [4.69, 9.17) is 37.9 Å². The fourth-order valence-corrected chi connectivity index (χ4v) is 3.23. The molecular formula is C19H12Cl2IN3O3.